The van der Waals surface area contributed by atoms with Crippen molar-refractivity contribution in [3.8, 4) is 11.5 Å². The third-order valence-electron chi connectivity index (χ3n) is 3.66. The van der Waals surface area contributed by atoms with Crippen LogP contribution in [0.1, 0.15) is 25.3 Å². The highest BCUT2D eigenvalue weighted by molar-refractivity contribution is 9.10. The van der Waals surface area contributed by atoms with E-state index in [4.69, 9.17) is 9.47 Å². The maximum Gasteiger partial charge on any atom is 0.172 e. The van der Waals surface area contributed by atoms with E-state index in [1.165, 1.54) is 0 Å². The summed E-state index contributed by atoms with van der Waals surface area (Å²) in [4.78, 5) is 2.41. The summed E-state index contributed by atoms with van der Waals surface area (Å²) in [6.45, 7) is 5.41. The summed E-state index contributed by atoms with van der Waals surface area (Å²) in [6.07, 6.45) is 2.55. The molecule has 4 nitrogen and oxygen atoms in total. The van der Waals surface area contributed by atoms with Crippen molar-refractivity contribution in [3.05, 3.63) is 22.2 Å². The summed E-state index contributed by atoms with van der Waals surface area (Å²) in [7, 11) is 1.78. The quantitative estimate of drug-likeness (QED) is 0.891. The molecule has 0 saturated carbocycles. The van der Waals surface area contributed by atoms with E-state index < -0.39 is 0 Å². The Kier molecular flexibility index (Phi) is 5.69. The van der Waals surface area contributed by atoms with Crippen molar-refractivity contribution in [1.29, 1.82) is 0 Å². The van der Waals surface area contributed by atoms with Crippen LogP contribution in [0, 0.1) is 0 Å². The van der Waals surface area contributed by atoms with Crippen molar-refractivity contribution >= 4 is 15.9 Å². The molecule has 0 aromatic heterocycles. The molecule has 1 heterocycles. The van der Waals surface area contributed by atoms with Crippen LogP contribution in [0.3, 0.4) is 0 Å². The van der Waals surface area contributed by atoms with E-state index in [1.807, 2.05) is 19.1 Å². The van der Waals surface area contributed by atoms with Gasteiger partial charge in [-0.05, 0) is 53.4 Å². The van der Waals surface area contributed by atoms with Crippen LogP contribution in [0.25, 0.3) is 0 Å². The summed E-state index contributed by atoms with van der Waals surface area (Å²) in [5.74, 6) is 0.720. The fraction of sp³-hybridized carbons (Fsp3) is 0.600. The fourth-order valence-corrected chi connectivity index (χ4v) is 3.03. The summed E-state index contributed by atoms with van der Waals surface area (Å²) in [5, 5.41) is 9.92. The van der Waals surface area contributed by atoms with Gasteiger partial charge in [0.25, 0.3) is 0 Å². The first-order chi connectivity index (χ1) is 9.63. The van der Waals surface area contributed by atoms with Gasteiger partial charge in [0, 0.05) is 26.7 Å². The Morgan fingerprint density at radius 2 is 2.05 bits per heavy atom. The second-order valence-electron chi connectivity index (χ2n) is 5.07. The molecule has 2 rings (SSSR count). The highest BCUT2D eigenvalue weighted by Crippen LogP contribution is 2.36. The van der Waals surface area contributed by atoms with Crippen molar-refractivity contribution in [2.45, 2.75) is 32.4 Å². The van der Waals surface area contributed by atoms with Gasteiger partial charge in [0.05, 0.1) is 17.2 Å². The molecular weight excluding hydrogens is 322 g/mol. The molecular formula is C15H22BrNO3. The Bertz CT molecular complexity index is 445. The van der Waals surface area contributed by atoms with Crippen molar-refractivity contribution in [1.82, 2.24) is 4.90 Å². The van der Waals surface area contributed by atoms with Crippen LogP contribution in [0.5, 0.6) is 11.5 Å². The lowest BCUT2D eigenvalue weighted by molar-refractivity contribution is 0.0388. The molecule has 1 N–H and O–H groups in total. The van der Waals surface area contributed by atoms with Crippen LogP contribution in [-0.2, 0) is 11.3 Å². The summed E-state index contributed by atoms with van der Waals surface area (Å²) < 4.78 is 11.5. The van der Waals surface area contributed by atoms with Gasteiger partial charge in [0.1, 0.15) is 0 Å². The predicted octanol–water partition coefficient (Wildman–Crippen LogP) is 3.16. The van der Waals surface area contributed by atoms with E-state index in [0.717, 1.165) is 38.0 Å². The molecule has 1 saturated heterocycles. The SMILES string of the molecule is CCOc1cc(CN2CCC(OC)CC2)cc(Br)c1O. The van der Waals surface area contributed by atoms with Crippen molar-refractivity contribution in [3.63, 3.8) is 0 Å². The van der Waals surface area contributed by atoms with E-state index in [0.29, 0.717) is 22.9 Å². The Morgan fingerprint density at radius 1 is 1.35 bits per heavy atom. The summed E-state index contributed by atoms with van der Waals surface area (Å²) in [6, 6.07) is 3.88. The van der Waals surface area contributed by atoms with E-state index in [2.05, 4.69) is 20.8 Å². The number of phenolic OH excluding ortho intramolecular Hbond substituents is 1. The molecule has 1 aromatic carbocycles. The minimum Gasteiger partial charge on any atom is -0.503 e. The highest BCUT2D eigenvalue weighted by atomic mass is 79.9. The fourth-order valence-electron chi connectivity index (χ4n) is 2.55. The minimum absolute atomic E-state index is 0.175. The van der Waals surface area contributed by atoms with Crippen molar-refractivity contribution < 1.29 is 14.6 Å². The Labute approximate surface area is 128 Å². The lowest BCUT2D eigenvalue weighted by Crippen LogP contribution is -2.36. The zero-order valence-corrected chi connectivity index (χ0v) is 13.6. The number of rotatable bonds is 5. The minimum atomic E-state index is 0.175. The second-order valence-corrected chi connectivity index (χ2v) is 5.92. The third kappa shape index (κ3) is 3.87. The normalized spacial score (nSPS) is 17.4. The van der Waals surface area contributed by atoms with E-state index >= 15 is 0 Å². The maximum absolute atomic E-state index is 9.92. The Balaban J connectivity index is 2.02. The lowest BCUT2D eigenvalue weighted by atomic mass is 10.1. The molecule has 20 heavy (non-hydrogen) atoms. The molecule has 0 spiro atoms. The van der Waals surface area contributed by atoms with Crippen LogP contribution in [-0.4, -0.2) is 42.9 Å². The standard InChI is InChI=1S/C15H22BrNO3/c1-3-20-14-9-11(8-13(16)15(14)18)10-17-6-4-12(19-2)5-7-17/h8-9,12,18H,3-7,10H2,1-2H3. The summed E-state index contributed by atoms with van der Waals surface area (Å²) in [5.41, 5.74) is 1.15. The third-order valence-corrected chi connectivity index (χ3v) is 4.27. The van der Waals surface area contributed by atoms with Crippen LogP contribution < -0.4 is 4.74 Å². The zero-order valence-electron chi connectivity index (χ0n) is 12.1. The van der Waals surface area contributed by atoms with E-state index in [9.17, 15) is 5.11 Å². The number of halogens is 1. The van der Waals surface area contributed by atoms with Gasteiger partial charge >= 0.3 is 0 Å². The largest absolute Gasteiger partial charge is 0.503 e. The van der Waals surface area contributed by atoms with Gasteiger partial charge < -0.3 is 14.6 Å². The average Bonchev–Trinajstić information content (AvgIpc) is 2.45. The zero-order chi connectivity index (χ0) is 14.5. The molecule has 1 aliphatic heterocycles. The molecule has 112 valence electrons. The first-order valence-electron chi connectivity index (χ1n) is 7.03. The smallest absolute Gasteiger partial charge is 0.172 e. The molecule has 1 aromatic rings. The number of piperidine rings is 1. The molecule has 0 bridgehead atoms. The molecule has 0 atom stereocenters. The van der Waals surface area contributed by atoms with Crippen molar-refractivity contribution in [2.24, 2.45) is 0 Å². The van der Waals surface area contributed by atoms with Crippen LogP contribution >= 0.6 is 15.9 Å². The van der Waals surface area contributed by atoms with Crippen LogP contribution in [0.4, 0.5) is 0 Å². The number of hydrogen-bond donors (Lipinski definition) is 1. The van der Waals surface area contributed by atoms with Gasteiger partial charge in [-0.25, -0.2) is 0 Å². The van der Waals surface area contributed by atoms with Gasteiger partial charge in [-0.15, -0.1) is 0 Å². The Morgan fingerprint density at radius 3 is 2.65 bits per heavy atom. The molecule has 0 unspecified atom stereocenters. The molecule has 0 aliphatic carbocycles. The summed E-state index contributed by atoms with van der Waals surface area (Å²) >= 11 is 3.38. The van der Waals surface area contributed by atoms with Gasteiger partial charge in [-0.1, -0.05) is 0 Å². The number of likely N-dealkylation sites (tertiary alicyclic amines) is 1. The first kappa shape index (κ1) is 15.6. The number of aromatic hydroxyl groups is 1. The number of phenols is 1. The molecule has 1 aliphatic rings. The lowest BCUT2D eigenvalue weighted by Gasteiger charge is -2.31. The molecule has 1 fully saturated rings. The number of methoxy groups -OCH3 is 1. The molecule has 0 radical (unpaired) electrons. The van der Waals surface area contributed by atoms with Gasteiger partial charge in [0.2, 0.25) is 0 Å². The highest BCUT2D eigenvalue weighted by Gasteiger charge is 2.19. The topological polar surface area (TPSA) is 41.9 Å². The number of nitrogens with zero attached hydrogens (tertiary/aromatic N) is 1. The average molecular weight is 344 g/mol. The van der Waals surface area contributed by atoms with E-state index in [-0.39, 0.29) is 5.75 Å². The number of hydrogen-bond acceptors (Lipinski definition) is 4. The second kappa shape index (κ2) is 7.29. The monoisotopic (exact) mass is 343 g/mol. The van der Waals surface area contributed by atoms with Gasteiger partial charge in [-0.3, -0.25) is 4.90 Å². The molecule has 0 amide bonds. The van der Waals surface area contributed by atoms with Gasteiger partial charge in [0.15, 0.2) is 11.5 Å². The first-order valence-corrected chi connectivity index (χ1v) is 7.82. The number of benzene rings is 1. The predicted molar refractivity (Wildman–Crippen MR) is 82.3 cm³/mol. The number of ether oxygens (including phenoxy) is 2. The van der Waals surface area contributed by atoms with Crippen molar-refractivity contribution in [2.75, 3.05) is 26.8 Å². The molecule has 5 heteroatoms. The van der Waals surface area contributed by atoms with Crippen LogP contribution in [0.15, 0.2) is 16.6 Å². The Hall–Kier alpha value is -0.780. The van der Waals surface area contributed by atoms with Crippen LogP contribution in [0.2, 0.25) is 0 Å². The van der Waals surface area contributed by atoms with E-state index in [1.54, 1.807) is 7.11 Å². The maximum atomic E-state index is 9.92. The van der Waals surface area contributed by atoms with Gasteiger partial charge in [-0.2, -0.15) is 0 Å².